The minimum Gasteiger partial charge on any atom is -0.480 e. The van der Waals surface area contributed by atoms with Gasteiger partial charge in [-0.2, -0.15) is 4.98 Å². The first kappa shape index (κ1) is 38.4. The summed E-state index contributed by atoms with van der Waals surface area (Å²) in [5.41, 5.74) is 3.74. The molecule has 3 aromatic heterocycles. The van der Waals surface area contributed by atoms with Crippen molar-refractivity contribution in [3.8, 4) is 5.88 Å². The van der Waals surface area contributed by atoms with Crippen LogP contribution < -0.4 is 26.1 Å². The average molecular weight is 773 g/mol. The molecular formula is C43H52N6O4Si2. The first-order chi connectivity index (χ1) is 26.4. The predicted molar refractivity (Wildman–Crippen MR) is 225 cm³/mol. The van der Waals surface area contributed by atoms with Gasteiger partial charge in [0.15, 0.2) is 5.65 Å². The van der Waals surface area contributed by atoms with Crippen molar-refractivity contribution >= 4 is 49.6 Å². The first-order valence-corrected chi connectivity index (χ1v) is 24.7. The second-order valence-electron chi connectivity index (χ2n) is 16.5. The Hall–Kier alpha value is -4.89. The summed E-state index contributed by atoms with van der Waals surface area (Å²) in [6.07, 6.45) is 4.59. The fraction of sp³-hybridized carbons (Fsp3) is 0.349. The predicted octanol–water partition coefficient (Wildman–Crippen LogP) is 8.05. The molecule has 6 aromatic rings. The number of benzene rings is 3. The molecule has 7 rings (SSSR count). The molecule has 55 heavy (non-hydrogen) atoms. The van der Waals surface area contributed by atoms with Crippen LogP contribution in [0.4, 0.5) is 11.6 Å². The van der Waals surface area contributed by atoms with E-state index in [9.17, 15) is 4.79 Å². The number of fused-ring (bicyclic) bond motifs is 2. The number of hydrogen-bond donors (Lipinski definition) is 1. The molecule has 1 N–H and O–H groups in total. The van der Waals surface area contributed by atoms with E-state index in [-0.39, 0.29) is 29.6 Å². The Morgan fingerprint density at radius 2 is 1.49 bits per heavy atom. The van der Waals surface area contributed by atoms with Crippen molar-refractivity contribution in [3.05, 3.63) is 131 Å². The zero-order valence-electron chi connectivity index (χ0n) is 33.0. The van der Waals surface area contributed by atoms with E-state index < -0.39 is 16.4 Å². The van der Waals surface area contributed by atoms with Crippen molar-refractivity contribution in [2.75, 3.05) is 19.0 Å². The Morgan fingerprint density at radius 1 is 0.836 bits per heavy atom. The second kappa shape index (κ2) is 15.7. The minimum absolute atomic E-state index is 0.118. The molecular weight excluding hydrogens is 721 g/mol. The Labute approximate surface area is 325 Å². The highest BCUT2D eigenvalue weighted by atomic mass is 28.4. The van der Waals surface area contributed by atoms with Gasteiger partial charge in [0.2, 0.25) is 11.8 Å². The van der Waals surface area contributed by atoms with Crippen molar-refractivity contribution in [1.29, 1.82) is 0 Å². The number of pyridine rings is 1. The van der Waals surface area contributed by atoms with Crippen molar-refractivity contribution in [3.63, 3.8) is 0 Å². The molecule has 3 aromatic carbocycles. The summed E-state index contributed by atoms with van der Waals surface area (Å²) in [5.74, 6) is 0.756. The minimum atomic E-state index is -2.87. The molecule has 12 heteroatoms. The molecule has 0 aliphatic heterocycles. The molecule has 2 unspecified atom stereocenters. The third-order valence-electron chi connectivity index (χ3n) is 10.6. The number of methoxy groups -OCH3 is 1. The van der Waals surface area contributed by atoms with Gasteiger partial charge >= 0.3 is 5.69 Å². The van der Waals surface area contributed by atoms with Gasteiger partial charge in [0.1, 0.15) is 17.9 Å². The lowest BCUT2D eigenvalue weighted by atomic mass is 9.85. The maximum absolute atomic E-state index is 14.7. The van der Waals surface area contributed by atoms with Gasteiger partial charge in [0.05, 0.1) is 25.5 Å². The van der Waals surface area contributed by atoms with Gasteiger partial charge in [-0.05, 0) is 57.6 Å². The van der Waals surface area contributed by atoms with Crippen LogP contribution in [0.5, 0.6) is 5.88 Å². The van der Waals surface area contributed by atoms with Crippen molar-refractivity contribution in [2.24, 2.45) is 0 Å². The number of aromatic nitrogens is 5. The summed E-state index contributed by atoms with van der Waals surface area (Å²) in [5, 5.41) is 5.56. The molecule has 0 fully saturated rings. The summed E-state index contributed by atoms with van der Waals surface area (Å²) < 4.78 is 22.9. The third-order valence-corrected chi connectivity index (χ3v) is 17.3. The van der Waals surface area contributed by atoms with Crippen LogP contribution in [0.3, 0.4) is 0 Å². The van der Waals surface area contributed by atoms with Crippen LogP contribution >= 0.6 is 0 Å². The summed E-state index contributed by atoms with van der Waals surface area (Å²) in [4.78, 5) is 28.6. The molecule has 0 spiro atoms. The Morgan fingerprint density at radius 3 is 2.13 bits per heavy atom. The van der Waals surface area contributed by atoms with Crippen LogP contribution in [-0.2, 0) is 15.9 Å². The number of imidazole rings is 1. The normalized spacial score (nSPS) is 16.2. The molecule has 0 radical (unpaired) electrons. The van der Waals surface area contributed by atoms with Crippen LogP contribution in [0.2, 0.25) is 30.7 Å². The number of ether oxygens (including phenoxy) is 2. The quantitative estimate of drug-likeness (QED) is 0.0930. The zero-order chi connectivity index (χ0) is 38.8. The van der Waals surface area contributed by atoms with E-state index in [2.05, 4.69) is 141 Å². The first-order valence-electron chi connectivity index (χ1n) is 19.1. The molecule has 10 nitrogen and oxygen atoms in total. The van der Waals surface area contributed by atoms with Gasteiger partial charge < -0.3 is 19.2 Å². The highest BCUT2D eigenvalue weighted by Gasteiger charge is 2.52. The second-order valence-corrected chi connectivity index (χ2v) is 26.4. The van der Waals surface area contributed by atoms with Crippen LogP contribution in [0.15, 0.2) is 114 Å². The van der Waals surface area contributed by atoms with Gasteiger partial charge in [-0.15, -0.1) is 0 Å². The Bertz CT molecular complexity index is 2260. The number of nitrogens with zero attached hydrogens (tertiary/aromatic N) is 5. The van der Waals surface area contributed by atoms with E-state index in [1.54, 1.807) is 24.1 Å². The largest absolute Gasteiger partial charge is 0.480 e. The van der Waals surface area contributed by atoms with E-state index in [4.69, 9.17) is 18.9 Å². The number of nitrogens with one attached hydrogen (secondary N) is 1. The van der Waals surface area contributed by atoms with Gasteiger partial charge in [0.25, 0.3) is 8.32 Å². The molecule has 0 saturated carbocycles. The topological polar surface area (TPSA) is 105 Å². The number of anilines is 2. The molecule has 2 atom stereocenters. The van der Waals surface area contributed by atoms with Crippen LogP contribution in [0.25, 0.3) is 11.2 Å². The van der Waals surface area contributed by atoms with E-state index in [1.807, 2.05) is 16.7 Å². The zero-order valence-corrected chi connectivity index (χ0v) is 35.0. The third kappa shape index (κ3) is 7.68. The molecule has 0 bridgehead atoms. The number of hydrogen-bond acceptors (Lipinski definition) is 8. The molecule has 1 aliphatic rings. The van der Waals surface area contributed by atoms with E-state index in [0.717, 1.165) is 23.6 Å². The van der Waals surface area contributed by atoms with Gasteiger partial charge in [-0.3, -0.25) is 9.13 Å². The smallest absolute Gasteiger partial charge is 0.332 e. The van der Waals surface area contributed by atoms with Crippen LogP contribution in [-0.4, -0.2) is 54.2 Å². The van der Waals surface area contributed by atoms with Gasteiger partial charge in [-0.25, -0.2) is 14.8 Å². The average Bonchev–Trinajstić information content (AvgIpc) is 3.45. The molecule has 0 amide bonds. The van der Waals surface area contributed by atoms with E-state index in [0.29, 0.717) is 41.7 Å². The lowest BCUT2D eigenvalue weighted by Crippen LogP contribution is -2.67. The fourth-order valence-corrected chi connectivity index (χ4v) is 13.3. The summed E-state index contributed by atoms with van der Waals surface area (Å²) in [6.45, 7) is 14.6. The SMILES string of the molecule is COc1ncccc1Nc1ncc2c(n1)n(C1CCC(O[Si](c3ccccc3)(c3ccccc3)C(C)(C)C)c3ccccc31)c(=O)n2COCC[Si](C)(C)C. The van der Waals surface area contributed by atoms with Crippen molar-refractivity contribution in [1.82, 2.24) is 24.1 Å². The molecule has 3 heterocycles. The Kier molecular flexibility index (Phi) is 11.0. The monoisotopic (exact) mass is 772 g/mol. The molecule has 0 saturated heterocycles. The van der Waals surface area contributed by atoms with Gasteiger partial charge in [-0.1, -0.05) is 125 Å². The fourth-order valence-electron chi connectivity index (χ4n) is 7.85. The standard InChI is InChI=1S/C43H52N6O4Si2/c1-43(2,3)55(31-17-10-8-11-18-31,32-19-12-9-13-20-32)53-38-25-24-36(33-21-14-15-22-34(33)38)49-39-37(48(42(49)50)30-52-27-28-54(5,6)7)29-45-41(47-39)46-35-23-16-26-44-40(35)51-4/h8-23,26,29,36,38H,24-25,27-28,30H2,1-7H3,(H,45,46,47). The highest BCUT2D eigenvalue weighted by Crippen LogP contribution is 2.46. The van der Waals surface area contributed by atoms with Crippen LogP contribution in [0.1, 0.15) is 56.9 Å². The highest BCUT2D eigenvalue weighted by molar-refractivity contribution is 6.99. The lowest BCUT2D eigenvalue weighted by Gasteiger charge is -2.46. The summed E-state index contributed by atoms with van der Waals surface area (Å²) in [6, 6.07) is 34.4. The van der Waals surface area contributed by atoms with E-state index >= 15 is 0 Å². The summed E-state index contributed by atoms with van der Waals surface area (Å²) >= 11 is 0. The van der Waals surface area contributed by atoms with Crippen molar-refractivity contribution < 1.29 is 13.9 Å². The summed E-state index contributed by atoms with van der Waals surface area (Å²) in [7, 11) is -2.63. The lowest BCUT2D eigenvalue weighted by molar-refractivity contribution is 0.0867. The van der Waals surface area contributed by atoms with Gasteiger partial charge in [0, 0.05) is 20.9 Å². The maximum Gasteiger partial charge on any atom is 0.332 e. The maximum atomic E-state index is 14.7. The van der Waals surface area contributed by atoms with Crippen LogP contribution in [0, 0.1) is 0 Å². The number of rotatable bonds is 13. The van der Waals surface area contributed by atoms with Crippen molar-refractivity contribution in [2.45, 2.75) is 83.2 Å². The van der Waals surface area contributed by atoms with E-state index in [1.165, 1.54) is 10.4 Å². The molecule has 286 valence electrons. The Balaban J connectivity index is 1.32. The molecule has 1 aliphatic carbocycles.